The molecule has 0 aliphatic carbocycles. The first-order valence-corrected chi connectivity index (χ1v) is 8.03. The Morgan fingerprint density at radius 3 is 2.83 bits per heavy atom. The summed E-state index contributed by atoms with van der Waals surface area (Å²) in [6.07, 6.45) is 1.63. The van der Waals surface area contributed by atoms with Crippen molar-refractivity contribution in [3.8, 4) is 0 Å². The van der Waals surface area contributed by atoms with Gasteiger partial charge >= 0.3 is 6.03 Å². The predicted octanol–water partition coefficient (Wildman–Crippen LogP) is 5.16. The van der Waals surface area contributed by atoms with E-state index in [1.54, 1.807) is 35.2 Å². The molecule has 1 fully saturated rings. The van der Waals surface area contributed by atoms with Crippen LogP contribution in [0.2, 0.25) is 5.02 Å². The molecule has 1 aliphatic rings. The number of amides is 2. The molecule has 1 heterocycles. The van der Waals surface area contributed by atoms with Crippen molar-refractivity contribution in [2.45, 2.75) is 25.8 Å². The minimum Gasteiger partial charge on any atom is -0.317 e. The summed E-state index contributed by atoms with van der Waals surface area (Å²) < 4.78 is 14.0. The van der Waals surface area contributed by atoms with Crippen LogP contribution in [0.1, 0.15) is 30.0 Å². The highest BCUT2D eigenvalue weighted by molar-refractivity contribution is 6.31. The van der Waals surface area contributed by atoms with Gasteiger partial charge < -0.3 is 10.2 Å². The largest absolute Gasteiger partial charge is 0.322 e. The number of rotatable bonds is 2. The molecule has 23 heavy (non-hydrogen) atoms. The van der Waals surface area contributed by atoms with Gasteiger partial charge in [0.25, 0.3) is 0 Å². The second-order valence-corrected chi connectivity index (χ2v) is 6.12. The molecular formula is C18H18ClFN2O. The topological polar surface area (TPSA) is 32.3 Å². The zero-order valence-electron chi connectivity index (χ0n) is 12.9. The fourth-order valence-electron chi connectivity index (χ4n) is 3.01. The Bertz CT molecular complexity index is 735. The van der Waals surface area contributed by atoms with Crippen molar-refractivity contribution in [3.05, 3.63) is 64.4 Å². The Labute approximate surface area is 140 Å². The number of anilines is 1. The number of halogens is 2. The SMILES string of the molecule is Cc1c(Cl)cccc1NC(=O)N1CCC[C@@H]1c1ccccc1F. The fourth-order valence-corrected chi connectivity index (χ4v) is 3.18. The Kier molecular flexibility index (Phi) is 4.53. The minimum atomic E-state index is -0.267. The molecule has 3 rings (SSSR count). The van der Waals surface area contributed by atoms with Crippen molar-refractivity contribution in [2.24, 2.45) is 0 Å². The van der Waals surface area contributed by atoms with Crippen LogP contribution >= 0.6 is 11.6 Å². The first-order chi connectivity index (χ1) is 11.1. The molecule has 0 saturated carbocycles. The Balaban J connectivity index is 1.81. The van der Waals surface area contributed by atoms with Gasteiger partial charge in [0.2, 0.25) is 0 Å². The van der Waals surface area contributed by atoms with Gasteiger partial charge in [-0.05, 0) is 43.5 Å². The van der Waals surface area contributed by atoms with Crippen molar-refractivity contribution in [3.63, 3.8) is 0 Å². The van der Waals surface area contributed by atoms with Crippen LogP contribution in [-0.4, -0.2) is 17.5 Å². The van der Waals surface area contributed by atoms with Crippen LogP contribution in [0, 0.1) is 12.7 Å². The maximum absolute atomic E-state index is 14.0. The lowest BCUT2D eigenvalue weighted by Crippen LogP contribution is -2.35. The maximum Gasteiger partial charge on any atom is 0.322 e. The highest BCUT2D eigenvalue weighted by Gasteiger charge is 2.31. The van der Waals surface area contributed by atoms with E-state index < -0.39 is 0 Å². The van der Waals surface area contributed by atoms with Crippen LogP contribution in [0.25, 0.3) is 0 Å². The van der Waals surface area contributed by atoms with E-state index in [1.807, 2.05) is 13.0 Å². The van der Waals surface area contributed by atoms with E-state index in [-0.39, 0.29) is 17.9 Å². The van der Waals surface area contributed by atoms with Crippen molar-refractivity contribution in [1.82, 2.24) is 4.90 Å². The lowest BCUT2D eigenvalue weighted by Gasteiger charge is -2.26. The van der Waals surface area contributed by atoms with Crippen molar-refractivity contribution >= 4 is 23.3 Å². The molecule has 3 nitrogen and oxygen atoms in total. The molecule has 1 saturated heterocycles. The molecular weight excluding hydrogens is 315 g/mol. The average molecular weight is 333 g/mol. The molecule has 2 aromatic rings. The maximum atomic E-state index is 14.0. The van der Waals surface area contributed by atoms with Crippen LogP contribution in [0.4, 0.5) is 14.9 Å². The summed E-state index contributed by atoms with van der Waals surface area (Å²) in [6.45, 7) is 2.47. The van der Waals surface area contributed by atoms with Crippen molar-refractivity contribution < 1.29 is 9.18 Å². The molecule has 0 radical (unpaired) electrons. The zero-order chi connectivity index (χ0) is 16.4. The van der Waals surface area contributed by atoms with Crippen LogP contribution in [-0.2, 0) is 0 Å². The summed E-state index contributed by atoms with van der Waals surface area (Å²) in [5.41, 5.74) is 2.08. The first-order valence-electron chi connectivity index (χ1n) is 7.65. The van der Waals surface area contributed by atoms with E-state index in [4.69, 9.17) is 11.6 Å². The number of hydrogen-bond donors (Lipinski definition) is 1. The normalized spacial score (nSPS) is 17.3. The quantitative estimate of drug-likeness (QED) is 0.809. The Morgan fingerprint density at radius 2 is 2.04 bits per heavy atom. The first kappa shape index (κ1) is 15.8. The number of nitrogens with zero attached hydrogens (tertiary/aromatic N) is 1. The number of nitrogens with one attached hydrogen (secondary N) is 1. The number of carbonyl (C=O) groups excluding carboxylic acids is 1. The summed E-state index contributed by atoms with van der Waals surface area (Å²) in [5, 5.41) is 3.50. The molecule has 0 spiro atoms. The fraction of sp³-hybridized carbons (Fsp3) is 0.278. The molecule has 2 aromatic carbocycles. The number of hydrogen-bond acceptors (Lipinski definition) is 1. The molecule has 120 valence electrons. The second-order valence-electron chi connectivity index (χ2n) is 5.72. The number of likely N-dealkylation sites (tertiary alicyclic amines) is 1. The molecule has 0 aromatic heterocycles. The van der Waals surface area contributed by atoms with Crippen molar-refractivity contribution in [1.29, 1.82) is 0 Å². The van der Waals surface area contributed by atoms with Gasteiger partial charge in [-0.1, -0.05) is 35.9 Å². The third kappa shape index (κ3) is 3.17. The summed E-state index contributed by atoms with van der Waals surface area (Å²) in [6, 6.07) is 11.6. The van der Waals surface area contributed by atoms with Gasteiger partial charge in [-0.2, -0.15) is 0 Å². The van der Waals surface area contributed by atoms with Gasteiger partial charge in [-0.25, -0.2) is 9.18 Å². The van der Waals surface area contributed by atoms with Gasteiger partial charge in [0.1, 0.15) is 5.82 Å². The van der Waals surface area contributed by atoms with Gasteiger partial charge in [0.15, 0.2) is 0 Å². The highest BCUT2D eigenvalue weighted by Crippen LogP contribution is 2.34. The molecule has 1 atom stereocenters. The van der Waals surface area contributed by atoms with E-state index in [0.717, 1.165) is 18.4 Å². The monoisotopic (exact) mass is 332 g/mol. The Morgan fingerprint density at radius 1 is 1.26 bits per heavy atom. The summed E-state index contributed by atoms with van der Waals surface area (Å²) >= 11 is 6.09. The summed E-state index contributed by atoms with van der Waals surface area (Å²) in [7, 11) is 0. The lowest BCUT2D eigenvalue weighted by atomic mass is 10.0. The summed E-state index contributed by atoms with van der Waals surface area (Å²) in [5.74, 6) is -0.267. The standard InChI is InChI=1S/C18H18ClFN2O/c1-12-14(19)7-4-9-16(12)21-18(23)22-11-5-10-17(22)13-6-2-3-8-15(13)20/h2-4,6-9,17H,5,10-11H2,1H3,(H,21,23)/t17-/m1/s1. The molecule has 1 aliphatic heterocycles. The smallest absolute Gasteiger partial charge is 0.317 e. The van der Waals surface area contributed by atoms with E-state index in [2.05, 4.69) is 5.32 Å². The number of urea groups is 1. The number of benzene rings is 2. The van der Waals surface area contributed by atoms with Crippen LogP contribution in [0.3, 0.4) is 0 Å². The van der Waals surface area contributed by atoms with E-state index >= 15 is 0 Å². The molecule has 0 bridgehead atoms. The predicted molar refractivity (Wildman–Crippen MR) is 90.3 cm³/mol. The average Bonchev–Trinajstić information content (AvgIpc) is 3.02. The highest BCUT2D eigenvalue weighted by atomic mass is 35.5. The van der Waals surface area contributed by atoms with Crippen LogP contribution in [0.5, 0.6) is 0 Å². The van der Waals surface area contributed by atoms with E-state index in [9.17, 15) is 9.18 Å². The molecule has 0 unspecified atom stereocenters. The van der Waals surface area contributed by atoms with Gasteiger partial charge in [0.05, 0.1) is 6.04 Å². The van der Waals surface area contributed by atoms with Gasteiger partial charge in [0, 0.05) is 22.8 Å². The molecule has 1 N–H and O–H groups in total. The second kappa shape index (κ2) is 6.59. The van der Waals surface area contributed by atoms with Gasteiger partial charge in [-0.3, -0.25) is 0 Å². The van der Waals surface area contributed by atoms with E-state index in [0.29, 0.717) is 22.8 Å². The van der Waals surface area contributed by atoms with Crippen LogP contribution < -0.4 is 5.32 Å². The zero-order valence-corrected chi connectivity index (χ0v) is 13.6. The van der Waals surface area contributed by atoms with Crippen LogP contribution in [0.15, 0.2) is 42.5 Å². The number of carbonyl (C=O) groups is 1. The minimum absolute atomic E-state index is 0.221. The molecule has 5 heteroatoms. The van der Waals surface area contributed by atoms with Gasteiger partial charge in [-0.15, -0.1) is 0 Å². The summed E-state index contributed by atoms with van der Waals surface area (Å²) in [4.78, 5) is 14.3. The molecule has 2 amide bonds. The van der Waals surface area contributed by atoms with E-state index in [1.165, 1.54) is 6.07 Å². The lowest BCUT2D eigenvalue weighted by molar-refractivity contribution is 0.206. The third-order valence-electron chi connectivity index (χ3n) is 4.29. The van der Waals surface area contributed by atoms with Crippen molar-refractivity contribution in [2.75, 3.05) is 11.9 Å². The Hall–Kier alpha value is -2.07. The third-order valence-corrected chi connectivity index (χ3v) is 4.70.